The summed E-state index contributed by atoms with van der Waals surface area (Å²) in [5.41, 5.74) is 3.02. The van der Waals surface area contributed by atoms with E-state index in [2.05, 4.69) is 4.98 Å². The van der Waals surface area contributed by atoms with Crippen LogP contribution in [-0.4, -0.2) is 16.7 Å². The number of benzene rings is 1. The van der Waals surface area contributed by atoms with Crippen LogP contribution in [0.15, 0.2) is 43.3 Å². The number of thioether (sulfide) groups is 1. The lowest BCUT2D eigenvalue weighted by molar-refractivity contribution is -0.141. The number of nitrogens with one attached hydrogen (secondary N) is 1. The quantitative estimate of drug-likeness (QED) is 0.390. The number of rotatable bonds is 5. The molecular formula is C21H18N2O5S. The molecule has 0 unspecified atom stereocenters. The van der Waals surface area contributed by atoms with Crippen LogP contribution in [0.1, 0.15) is 27.8 Å². The fourth-order valence-electron chi connectivity index (χ4n) is 2.84. The van der Waals surface area contributed by atoms with E-state index in [1.165, 1.54) is 12.1 Å². The fraction of sp³-hybridized carbons (Fsp3) is 0.238. The van der Waals surface area contributed by atoms with E-state index in [1.807, 2.05) is 26.0 Å². The third-order valence-electron chi connectivity index (χ3n) is 4.49. The average molecular weight is 410 g/mol. The van der Waals surface area contributed by atoms with Gasteiger partial charge in [0.25, 0.3) is 0 Å². The number of aromatic nitrogens is 1. The number of ether oxygens (including phenoxy) is 1. The minimum Gasteiger partial charge on any atom is -0.460 e. The Morgan fingerprint density at radius 1 is 1.14 bits per heavy atom. The maximum Gasteiger partial charge on any atom is 0.336 e. The molecule has 0 atom stereocenters. The topological polar surface area (TPSA) is 113 Å². The first kappa shape index (κ1) is 20.4. The van der Waals surface area contributed by atoms with Gasteiger partial charge in [0.2, 0.25) is 5.56 Å². The summed E-state index contributed by atoms with van der Waals surface area (Å²) in [5, 5.41) is 10.3. The van der Waals surface area contributed by atoms with Gasteiger partial charge in [0.15, 0.2) is 0 Å². The van der Waals surface area contributed by atoms with Gasteiger partial charge in [-0.2, -0.15) is 5.26 Å². The van der Waals surface area contributed by atoms with Crippen LogP contribution in [0.25, 0.3) is 11.0 Å². The van der Waals surface area contributed by atoms with E-state index in [4.69, 9.17) is 9.15 Å². The Kier molecular flexibility index (Phi) is 5.89. The number of aromatic amines is 1. The van der Waals surface area contributed by atoms with E-state index in [0.29, 0.717) is 32.7 Å². The van der Waals surface area contributed by atoms with E-state index in [9.17, 15) is 19.6 Å². The van der Waals surface area contributed by atoms with Crippen LogP contribution in [0.4, 0.5) is 0 Å². The zero-order chi connectivity index (χ0) is 21.1. The number of H-pyrrole nitrogens is 1. The van der Waals surface area contributed by atoms with Crippen molar-refractivity contribution in [2.75, 3.05) is 5.75 Å². The van der Waals surface area contributed by atoms with Crippen molar-refractivity contribution < 1.29 is 13.9 Å². The summed E-state index contributed by atoms with van der Waals surface area (Å²) in [5.74, 6) is -0.627. The molecule has 0 aliphatic heterocycles. The molecule has 0 bridgehead atoms. The number of esters is 1. The maximum absolute atomic E-state index is 12.2. The van der Waals surface area contributed by atoms with Crippen molar-refractivity contribution in [2.45, 2.75) is 32.4 Å². The van der Waals surface area contributed by atoms with E-state index in [1.54, 1.807) is 13.0 Å². The number of carbonyl (C=O) groups is 1. The molecule has 1 aromatic carbocycles. The third-order valence-corrected chi connectivity index (χ3v) is 5.46. The van der Waals surface area contributed by atoms with Gasteiger partial charge in [-0.3, -0.25) is 9.59 Å². The lowest BCUT2D eigenvalue weighted by Gasteiger charge is -2.09. The molecule has 8 heteroatoms. The van der Waals surface area contributed by atoms with Crippen molar-refractivity contribution in [3.05, 3.63) is 72.9 Å². The molecule has 7 nitrogen and oxygen atoms in total. The molecule has 0 saturated heterocycles. The van der Waals surface area contributed by atoms with Crippen molar-refractivity contribution in [2.24, 2.45) is 0 Å². The van der Waals surface area contributed by atoms with E-state index in [0.717, 1.165) is 22.9 Å². The molecule has 3 aromatic rings. The first-order valence-corrected chi connectivity index (χ1v) is 9.73. The second-order valence-corrected chi connectivity index (χ2v) is 7.59. The number of hydrogen-bond acceptors (Lipinski definition) is 7. The van der Waals surface area contributed by atoms with Crippen molar-refractivity contribution in [3.63, 3.8) is 0 Å². The van der Waals surface area contributed by atoms with Crippen LogP contribution in [0, 0.1) is 32.1 Å². The molecule has 0 aliphatic rings. The Labute approximate surface area is 170 Å². The minimum atomic E-state index is -0.536. The molecule has 0 fully saturated rings. The van der Waals surface area contributed by atoms with Gasteiger partial charge in [-0.1, -0.05) is 11.8 Å². The van der Waals surface area contributed by atoms with Gasteiger partial charge >= 0.3 is 11.6 Å². The van der Waals surface area contributed by atoms with Crippen LogP contribution in [-0.2, 0) is 16.1 Å². The van der Waals surface area contributed by atoms with Crippen LogP contribution < -0.4 is 11.2 Å². The Bertz CT molecular complexity index is 1270. The third kappa shape index (κ3) is 4.58. The predicted molar refractivity (Wildman–Crippen MR) is 109 cm³/mol. The van der Waals surface area contributed by atoms with Gasteiger partial charge in [0.05, 0.1) is 16.3 Å². The predicted octanol–water partition coefficient (Wildman–Crippen LogP) is 3.11. The number of nitriles is 1. The molecule has 29 heavy (non-hydrogen) atoms. The van der Waals surface area contributed by atoms with Gasteiger partial charge in [0.1, 0.15) is 18.3 Å². The molecule has 2 heterocycles. The fourth-order valence-corrected chi connectivity index (χ4v) is 3.71. The summed E-state index contributed by atoms with van der Waals surface area (Å²) < 4.78 is 10.5. The van der Waals surface area contributed by atoms with Gasteiger partial charge in [0, 0.05) is 23.1 Å². The molecule has 0 spiro atoms. The highest BCUT2D eigenvalue weighted by atomic mass is 32.2. The highest BCUT2D eigenvalue weighted by Crippen LogP contribution is 2.23. The monoisotopic (exact) mass is 410 g/mol. The Hall–Kier alpha value is -3.31. The van der Waals surface area contributed by atoms with E-state index in [-0.39, 0.29) is 17.9 Å². The van der Waals surface area contributed by atoms with Gasteiger partial charge in [-0.05, 0) is 49.6 Å². The molecule has 0 aliphatic carbocycles. The van der Waals surface area contributed by atoms with Crippen LogP contribution in [0.2, 0.25) is 0 Å². The molecule has 3 rings (SSSR count). The normalized spacial score (nSPS) is 10.7. The molecular weight excluding hydrogens is 392 g/mol. The first-order valence-electron chi connectivity index (χ1n) is 8.75. The highest BCUT2D eigenvalue weighted by molar-refractivity contribution is 7.99. The summed E-state index contributed by atoms with van der Waals surface area (Å²) in [6.07, 6.45) is 0. The molecule has 2 aromatic heterocycles. The molecule has 0 amide bonds. The van der Waals surface area contributed by atoms with E-state index < -0.39 is 11.6 Å². The summed E-state index contributed by atoms with van der Waals surface area (Å²) in [6, 6.07) is 8.33. The zero-order valence-corrected chi connectivity index (χ0v) is 16.9. The average Bonchev–Trinajstić information content (AvgIpc) is 2.65. The van der Waals surface area contributed by atoms with Crippen molar-refractivity contribution in [1.82, 2.24) is 4.98 Å². The highest BCUT2D eigenvalue weighted by Gasteiger charge is 2.13. The van der Waals surface area contributed by atoms with Crippen LogP contribution >= 0.6 is 11.8 Å². The number of pyridine rings is 1. The second-order valence-electron chi connectivity index (χ2n) is 6.61. The zero-order valence-electron chi connectivity index (χ0n) is 16.1. The Balaban J connectivity index is 1.74. The Morgan fingerprint density at radius 2 is 1.86 bits per heavy atom. The van der Waals surface area contributed by atoms with Crippen molar-refractivity contribution in [3.8, 4) is 6.07 Å². The summed E-state index contributed by atoms with van der Waals surface area (Å²) in [7, 11) is 0. The summed E-state index contributed by atoms with van der Waals surface area (Å²) in [6.45, 7) is 5.44. The number of hydrogen-bond donors (Lipinski definition) is 1. The van der Waals surface area contributed by atoms with Crippen LogP contribution in [0.5, 0.6) is 0 Å². The number of nitrogens with zero attached hydrogens (tertiary/aromatic N) is 1. The number of carbonyl (C=O) groups excluding carboxylic acids is 1. The first-order chi connectivity index (χ1) is 13.8. The molecule has 148 valence electrons. The van der Waals surface area contributed by atoms with Crippen molar-refractivity contribution in [1.29, 1.82) is 5.26 Å². The smallest absolute Gasteiger partial charge is 0.336 e. The number of fused-ring (bicyclic) bond motifs is 1. The number of aryl methyl sites for hydroxylation is 3. The minimum absolute atomic E-state index is 0.0839. The van der Waals surface area contributed by atoms with Crippen molar-refractivity contribution >= 4 is 28.7 Å². The standard InChI is InChI=1S/C21H18N2O5S/c1-11-4-15-14(7-19(25)28-17(15)5-12(11)2)9-27-20(26)10-29-21-16(8-22)13(3)6-18(24)23-21/h4-7H,9-10H2,1-3H3,(H,23,24). The Morgan fingerprint density at radius 3 is 2.59 bits per heavy atom. The lowest BCUT2D eigenvalue weighted by atomic mass is 10.0. The molecule has 0 radical (unpaired) electrons. The van der Waals surface area contributed by atoms with Gasteiger partial charge in [-0.25, -0.2) is 4.79 Å². The van der Waals surface area contributed by atoms with Gasteiger partial charge < -0.3 is 14.1 Å². The summed E-state index contributed by atoms with van der Waals surface area (Å²) in [4.78, 5) is 38.2. The summed E-state index contributed by atoms with van der Waals surface area (Å²) >= 11 is 1.02. The van der Waals surface area contributed by atoms with E-state index >= 15 is 0 Å². The largest absolute Gasteiger partial charge is 0.460 e. The molecule has 0 saturated carbocycles. The lowest BCUT2D eigenvalue weighted by Crippen LogP contribution is -2.12. The maximum atomic E-state index is 12.2. The second kappa shape index (κ2) is 8.37. The molecule has 1 N–H and O–H groups in total. The SMILES string of the molecule is Cc1cc2oc(=O)cc(COC(=O)CSc3[nH]c(=O)cc(C)c3C#N)c2cc1C. The van der Waals surface area contributed by atoms with Gasteiger partial charge in [-0.15, -0.1) is 0 Å². The van der Waals surface area contributed by atoms with Crippen LogP contribution in [0.3, 0.4) is 0 Å².